The molecule has 0 aliphatic carbocycles. The smallest absolute Gasteiger partial charge is 0.259 e. The molecule has 1 fully saturated rings. The monoisotopic (exact) mass is 192 g/mol. The van der Waals surface area contributed by atoms with Crippen LogP contribution in [0.5, 0.6) is 0 Å². The van der Waals surface area contributed by atoms with Gasteiger partial charge in [-0.2, -0.15) is 0 Å². The Balaban J connectivity index is 2.61. The van der Waals surface area contributed by atoms with Crippen LogP contribution in [0.4, 0.5) is 8.78 Å². The Morgan fingerprint density at radius 1 is 1.54 bits per heavy atom. The van der Waals surface area contributed by atoms with Gasteiger partial charge in [-0.1, -0.05) is 0 Å². The van der Waals surface area contributed by atoms with Crippen molar-refractivity contribution >= 4 is 5.91 Å². The molecular weight excluding hydrogens is 178 g/mol. The summed E-state index contributed by atoms with van der Waals surface area (Å²) >= 11 is 0. The maximum Gasteiger partial charge on any atom is 0.259 e. The second-order valence-electron chi connectivity index (χ2n) is 3.86. The highest BCUT2D eigenvalue weighted by Gasteiger charge is 2.39. The highest BCUT2D eigenvalue weighted by molar-refractivity contribution is 5.84. The van der Waals surface area contributed by atoms with Crippen molar-refractivity contribution in [3.05, 3.63) is 0 Å². The summed E-state index contributed by atoms with van der Waals surface area (Å²) in [6.45, 7) is 2.33. The largest absolute Gasteiger partial charge is 0.335 e. The molecule has 0 aromatic heterocycles. The lowest BCUT2D eigenvalue weighted by Gasteiger charge is -2.22. The van der Waals surface area contributed by atoms with Gasteiger partial charge in [-0.05, 0) is 13.8 Å². The zero-order chi connectivity index (χ0) is 10.2. The maximum absolute atomic E-state index is 13.1. The van der Waals surface area contributed by atoms with Crippen LogP contribution in [0.1, 0.15) is 13.8 Å². The first-order valence-corrected chi connectivity index (χ1v) is 4.20. The molecule has 0 saturated carbocycles. The number of hydrogen-bond donors (Lipinski definition) is 1. The predicted molar refractivity (Wildman–Crippen MR) is 44.6 cm³/mol. The van der Waals surface area contributed by atoms with Gasteiger partial charge in [0.25, 0.3) is 5.91 Å². The van der Waals surface area contributed by atoms with Crippen LogP contribution in [0.25, 0.3) is 0 Å². The van der Waals surface area contributed by atoms with Crippen molar-refractivity contribution in [2.45, 2.75) is 31.7 Å². The number of halogens is 2. The number of carbonyl (C=O) groups excluding carboxylic acids is 1. The molecule has 2 atom stereocenters. The molecule has 13 heavy (non-hydrogen) atoms. The van der Waals surface area contributed by atoms with E-state index in [1.54, 1.807) is 0 Å². The number of hydrogen-bond acceptors (Lipinski definition) is 2. The Morgan fingerprint density at radius 2 is 2.08 bits per heavy atom. The Labute approximate surface area is 75.9 Å². The van der Waals surface area contributed by atoms with E-state index in [2.05, 4.69) is 0 Å². The number of rotatable bonds is 1. The highest BCUT2D eigenvalue weighted by Crippen LogP contribution is 2.18. The summed E-state index contributed by atoms with van der Waals surface area (Å²) in [5.74, 6) is -0.692. The molecule has 0 bridgehead atoms. The summed E-state index contributed by atoms with van der Waals surface area (Å²) in [4.78, 5) is 12.4. The van der Waals surface area contributed by atoms with Gasteiger partial charge in [0.15, 0.2) is 5.67 Å². The van der Waals surface area contributed by atoms with Gasteiger partial charge in [-0.15, -0.1) is 0 Å². The zero-order valence-corrected chi connectivity index (χ0v) is 7.76. The molecule has 2 N–H and O–H groups in total. The fourth-order valence-corrected chi connectivity index (χ4v) is 1.33. The van der Waals surface area contributed by atoms with Gasteiger partial charge in [-0.25, -0.2) is 8.78 Å². The molecule has 0 aromatic carbocycles. The molecule has 0 radical (unpaired) electrons. The summed E-state index contributed by atoms with van der Waals surface area (Å²) in [7, 11) is 0. The first kappa shape index (κ1) is 10.4. The number of carbonyl (C=O) groups is 1. The van der Waals surface area contributed by atoms with E-state index in [1.165, 1.54) is 0 Å². The third-order valence-corrected chi connectivity index (χ3v) is 2.09. The second kappa shape index (κ2) is 3.21. The molecule has 0 spiro atoms. The molecule has 1 aliphatic heterocycles. The minimum absolute atomic E-state index is 0.0899. The van der Waals surface area contributed by atoms with Crippen molar-refractivity contribution in [1.82, 2.24) is 4.90 Å². The van der Waals surface area contributed by atoms with Crippen molar-refractivity contribution < 1.29 is 13.6 Å². The van der Waals surface area contributed by atoms with E-state index in [0.717, 1.165) is 18.7 Å². The van der Waals surface area contributed by atoms with E-state index < -0.39 is 23.8 Å². The minimum atomic E-state index is -1.94. The number of nitrogens with zero attached hydrogens (tertiary/aromatic N) is 1. The number of amides is 1. The summed E-state index contributed by atoms with van der Waals surface area (Å²) < 4.78 is 26.0. The molecule has 5 heteroatoms. The predicted octanol–water partition coefficient (Wildman–Crippen LogP) is 0.242. The van der Waals surface area contributed by atoms with Crippen LogP contribution >= 0.6 is 0 Å². The molecule has 76 valence electrons. The molecule has 1 rings (SSSR count). The van der Waals surface area contributed by atoms with Crippen LogP contribution in [-0.2, 0) is 4.79 Å². The fourth-order valence-electron chi connectivity index (χ4n) is 1.33. The fraction of sp³-hybridized carbons (Fsp3) is 0.875. The number of likely N-dealkylation sites (tertiary alicyclic amines) is 1. The lowest BCUT2D eigenvalue weighted by atomic mass is 10.1. The van der Waals surface area contributed by atoms with E-state index >= 15 is 0 Å². The van der Waals surface area contributed by atoms with Gasteiger partial charge in [0, 0.05) is 6.54 Å². The molecule has 0 aromatic rings. The molecule has 1 heterocycles. The summed E-state index contributed by atoms with van der Waals surface area (Å²) in [6, 6.07) is -0.675. The van der Waals surface area contributed by atoms with E-state index in [9.17, 15) is 13.6 Å². The average molecular weight is 192 g/mol. The highest BCUT2D eigenvalue weighted by atomic mass is 19.1. The summed E-state index contributed by atoms with van der Waals surface area (Å²) in [5, 5.41) is 0. The van der Waals surface area contributed by atoms with Crippen molar-refractivity contribution in [3.63, 3.8) is 0 Å². The van der Waals surface area contributed by atoms with Crippen LogP contribution in [0.3, 0.4) is 0 Å². The molecular formula is C8H14F2N2O. The van der Waals surface area contributed by atoms with E-state index in [1.807, 2.05) is 0 Å². The Kier molecular flexibility index (Phi) is 2.56. The summed E-state index contributed by atoms with van der Waals surface area (Å²) in [5.41, 5.74) is 3.42. The molecule has 1 amide bonds. The van der Waals surface area contributed by atoms with E-state index in [0.29, 0.717) is 0 Å². The lowest BCUT2D eigenvalue weighted by molar-refractivity contribution is -0.140. The van der Waals surface area contributed by atoms with Gasteiger partial charge >= 0.3 is 0 Å². The first-order chi connectivity index (χ1) is 5.82. The van der Waals surface area contributed by atoms with Gasteiger partial charge in [-0.3, -0.25) is 4.79 Å². The molecule has 1 saturated heterocycles. The van der Waals surface area contributed by atoms with Gasteiger partial charge in [0.2, 0.25) is 0 Å². The zero-order valence-electron chi connectivity index (χ0n) is 7.76. The van der Waals surface area contributed by atoms with Crippen LogP contribution < -0.4 is 5.73 Å². The van der Waals surface area contributed by atoms with Crippen molar-refractivity contribution in [1.29, 1.82) is 0 Å². The third-order valence-electron chi connectivity index (χ3n) is 2.09. The van der Waals surface area contributed by atoms with E-state index in [4.69, 9.17) is 5.73 Å². The maximum atomic E-state index is 13.1. The van der Waals surface area contributed by atoms with E-state index in [-0.39, 0.29) is 13.1 Å². The normalized spacial score (nSPS) is 29.5. The minimum Gasteiger partial charge on any atom is -0.335 e. The van der Waals surface area contributed by atoms with Crippen molar-refractivity contribution in [2.24, 2.45) is 5.73 Å². The number of alkyl halides is 2. The number of nitrogens with two attached hydrogens (primary N) is 1. The standard InChI is InChI=1S/C8H14F2N2O/c1-8(2,10)7(13)12-3-5(9)6(11)4-12/h5-6H,3-4,11H2,1-2H3/t5-,6?/m0/s1. The van der Waals surface area contributed by atoms with Crippen LogP contribution in [-0.4, -0.2) is 41.8 Å². The van der Waals surface area contributed by atoms with Crippen LogP contribution in [0.2, 0.25) is 0 Å². The Morgan fingerprint density at radius 3 is 2.38 bits per heavy atom. The molecule has 3 nitrogen and oxygen atoms in total. The van der Waals surface area contributed by atoms with Gasteiger partial charge < -0.3 is 10.6 Å². The van der Waals surface area contributed by atoms with Crippen LogP contribution in [0, 0.1) is 0 Å². The quantitative estimate of drug-likeness (QED) is 0.647. The van der Waals surface area contributed by atoms with Crippen LogP contribution in [0.15, 0.2) is 0 Å². The second-order valence-corrected chi connectivity index (χ2v) is 3.86. The average Bonchev–Trinajstić information content (AvgIpc) is 2.29. The molecule has 1 unspecified atom stereocenters. The van der Waals surface area contributed by atoms with Gasteiger partial charge in [0.05, 0.1) is 12.6 Å². The summed E-state index contributed by atoms with van der Waals surface area (Å²) in [6.07, 6.45) is -1.23. The van der Waals surface area contributed by atoms with Gasteiger partial charge in [0.1, 0.15) is 6.17 Å². The topological polar surface area (TPSA) is 46.3 Å². The first-order valence-electron chi connectivity index (χ1n) is 4.20. The molecule has 1 aliphatic rings. The Bertz CT molecular complexity index is 205. The third kappa shape index (κ3) is 2.15. The van der Waals surface area contributed by atoms with Crippen molar-refractivity contribution in [2.75, 3.05) is 13.1 Å². The lowest BCUT2D eigenvalue weighted by Crippen LogP contribution is -2.42. The Hall–Kier alpha value is -0.710. The SMILES string of the molecule is CC(C)(F)C(=O)N1CC(N)[C@@H](F)C1. The van der Waals surface area contributed by atoms with Crippen molar-refractivity contribution in [3.8, 4) is 0 Å².